The Labute approximate surface area is 152 Å². The molecule has 1 aromatic heterocycles. The average Bonchev–Trinajstić information content (AvgIpc) is 3.16. The topological polar surface area (TPSA) is 75.2 Å². The molecule has 24 heavy (non-hydrogen) atoms. The van der Waals surface area contributed by atoms with Gasteiger partial charge in [0.25, 0.3) is 0 Å². The van der Waals surface area contributed by atoms with Crippen molar-refractivity contribution >= 4 is 57.2 Å². The van der Waals surface area contributed by atoms with Crippen LogP contribution in [0.3, 0.4) is 0 Å². The number of anilines is 2. The van der Waals surface area contributed by atoms with Gasteiger partial charge in [0.2, 0.25) is 16.9 Å². The van der Waals surface area contributed by atoms with Crippen LogP contribution in [0, 0.1) is 5.92 Å². The minimum atomic E-state index is -0.444. The van der Waals surface area contributed by atoms with E-state index < -0.39 is 5.92 Å². The number of amides is 2. The first-order valence-corrected chi connectivity index (χ1v) is 8.93. The summed E-state index contributed by atoms with van der Waals surface area (Å²) in [5.74, 6) is -0.800. The number of rotatable bonds is 4. The van der Waals surface area contributed by atoms with Crippen LogP contribution in [0.2, 0.25) is 10.0 Å². The van der Waals surface area contributed by atoms with Crippen molar-refractivity contribution in [3.8, 4) is 0 Å². The number of hydrogen-bond donors (Lipinski definition) is 1. The van der Waals surface area contributed by atoms with Crippen molar-refractivity contribution in [3.63, 3.8) is 0 Å². The van der Waals surface area contributed by atoms with Crippen LogP contribution < -0.4 is 10.2 Å². The number of halogens is 2. The van der Waals surface area contributed by atoms with E-state index >= 15 is 0 Å². The monoisotopic (exact) mass is 384 g/mol. The summed E-state index contributed by atoms with van der Waals surface area (Å²) < 4.78 is 0. The second-order valence-electron chi connectivity index (χ2n) is 5.35. The molecule has 2 amide bonds. The standard InChI is InChI=1S/C15H14Cl2N4O2S/c1-2-12-19-20-15(24-12)18-14(23)8-5-13(22)21(7-8)9-3-4-10(16)11(17)6-9/h3-4,6,8H,2,5,7H2,1H3,(H,18,20,23)/t8-/m1/s1. The Morgan fingerprint density at radius 1 is 1.38 bits per heavy atom. The molecule has 0 spiro atoms. The molecule has 0 unspecified atom stereocenters. The Kier molecular flexibility index (Phi) is 5.03. The number of carbonyl (C=O) groups excluding carboxylic acids is 2. The fourth-order valence-corrected chi connectivity index (χ4v) is 3.41. The third-order valence-corrected chi connectivity index (χ3v) is 5.43. The molecule has 1 aliphatic heterocycles. The molecule has 0 radical (unpaired) electrons. The Bertz CT molecular complexity index is 796. The van der Waals surface area contributed by atoms with Crippen molar-refractivity contribution in [1.29, 1.82) is 0 Å². The quantitative estimate of drug-likeness (QED) is 0.876. The van der Waals surface area contributed by atoms with Gasteiger partial charge in [-0.3, -0.25) is 9.59 Å². The first-order chi connectivity index (χ1) is 11.5. The van der Waals surface area contributed by atoms with E-state index in [-0.39, 0.29) is 18.2 Å². The molecule has 2 aromatic rings. The maximum atomic E-state index is 12.4. The van der Waals surface area contributed by atoms with Gasteiger partial charge in [0.15, 0.2) is 0 Å². The molecular weight excluding hydrogens is 371 g/mol. The van der Waals surface area contributed by atoms with E-state index in [4.69, 9.17) is 23.2 Å². The van der Waals surface area contributed by atoms with Crippen LogP contribution in [0.15, 0.2) is 18.2 Å². The van der Waals surface area contributed by atoms with Crippen molar-refractivity contribution in [3.05, 3.63) is 33.3 Å². The lowest BCUT2D eigenvalue weighted by Gasteiger charge is -2.17. The summed E-state index contributed by atoms with van der Waals surface area (Å²) in [6, 6.07) is 4.97. The molecule has 3 rings (SSSR count). The van der Waals surface area contributed by atoms with E-state index in [1.165, 1.54) is 11.3 Å². The zero-order chi connectivity index (χ0) is 17.3. The maximum absolute atomic E-state index is 12.4. The second kappa shape index (κ2) is 7.04. The predicted octanol–water partition coefficient (Wildman–Crippen LogP) is 3.40. The number of aryl methyl sites for hydroxylation is 1. The van der Waals surface area contributed by atoms with Gasteiger partial charge in [-0.05, 0) is 24.6 Å². The second-order valence-corrected chi connectivity index (χ2v) is 7.22. The summed E-state index contributed by atoms with van der Waals surface area (Å²) in [4.78, 5) is 26.1. The minimum Gasteiger partial charge on any atom is -0.312 e. The van der Waals surface area contributed by atoms with Gasteiger partial charge in [0.1, 0.15) is 5.01 Å². The van der Waals surface area contributed by atoms with Crippen molar-refractivity contribution in [2.75, 3.05) is 16.8 Å². The summed E-state index contributed by atoms with van der Waals surface area (Å²) >= 11 is 13.2. The minimum absolute atomic E-state index is 0.125. The highest BCUT2D eigenvalue weighted by Gasteiger charge is 2.35. The molecule has 0 aliphatic carbocycles. The number of aromatic nitrogens is 2. The van der Waals surface area contributed by atoms with Crippen LogP contribution in [0.1, 0.15) is 18.4 Å². The number of nitrogens with zero attached hydrogens (tertiary/aromatic N) is 3. The SMILES string of the molecule is CCc1nnc(NC(=O)[C@@H]2CC(=O)N(c3ccc(Cl)c(Cl)c3)C2)s1. The molecule has 6 nitrogen and oxygen atoms in total. The summed E-state index contributed by atoms with van der Waals surface area (Å²) in [6.45, 7) is 2.26. The highest BCUT2D eigenvalue weighted by Crippen LogP contribution is 2.31. The molecular formula is C15H14Cl2N4O2S. The van der Waals surface area contributed by atoms with Gasteiger partial charge < -0.3 is 10.2 Å². The molecule has 2 heterocycles. The Morgan fingerprint density at radius 2 is 2.17 bits per heavy atom. The number of benzene rings is 1. The molecule has 1 aliphatic rings. The van der Waals surface area contributed by atoms with E-state index in [2.05, 4.69) is 15.5 Å². The molecule has 1 aromatic carbocycles. The molecule has 1 fully saturated rings. The van der Waals surface area contributed by atoms with E-state index in [1.807, 2.05) is 6.92 Å². The van der Waals surface area contributed by atoms with Crippen LogP contribution in [-0.2, 0) is 16.0 Å². The molecule has 126 valence electrons. The molecule has 0 bridgehead atoms. The zero-order valence-electron chi connectivity index (χ0n) is 12.8. The van der Waals surface area contributed by atoms with E-state index in [1.54, 1.807) is 23.1 Å². The highest BCUT2D eigenvalue weighted by atomic mass is 35.5. The summed E-state index contributed by atoms with van der Waals surface area (Å²) in [6.07, 6.45) is 0.909. The first kappa shape index (κ1) is 17.1. The zero-order valence-corrected chi connectivity index (χ0v) is 15.1. The summed E-state index contributed by atoms with van der Waals surface area (Å²) in [7, 11) is 0. The largest absolute Gasteiger partial charge is 0.312 e. The van der Waals surface area contributed by atoms with Crippen molar-refractivity contribution in [2.45, 2.75) is 19.8 Å². The molecule has 1 N–H and O–H groups in total. The highest BCUT2D eigenvalue weighted by molar-refractivity contribution is 7.15. The lowest BCUT2D eigenvalue weighted by atomic mass is 10.1. The summed E-state index contributed by atoms with van der Waals surface area (Å²) in [5.41, 5.74) is 0.633. The smallest absolute Gasteiger partial charge is 0.231 e. The number of hydrogen-bond acceptors (Lipinski definition) is 5. The van der Waals surface area contributed by atoms with Gasteiger partial charge >= 0.3 is 0 Å². The Hall–Kier alpha value is -1.70. The Morgan fingerprint density at radius 3 is 2.83 bits per heavy atom. The third kappa shape index (κ3) is 3.53. The molecule has 0 saturated carbocycles. The maximum Gasteiger partial charge on any atom is 0.231 e. The molecule has 1 saturated heterocycles. The van der Waals surface area contributed by atoms with Crippen LogP contribution in [0.4, 0.5) is 10.8 Å². The van der Waals surface area contributed by atoms with E-state index in [0.717, 1.165) is 11.4 Å². The van der Waals surface area contributed by atoms with Crippen LogP contribution >= 0.6 is 34.5 Å². The van der Waals surface area contributed by atoms with E-state index in [0.29, 0.717) is 27.4 Å². The number of carbonyl (C=O) groups is 2. The molecule has 1 atom stereocenters. The first-order valence-electron chi connectivity index (χ1n) is 7.36. The van der Waals surface area contributed by atoms with Gasteiger partial charge in [0.05, 0.1) is 16.0 Å². The number of nitrogens with one attached hydrogen (secondary N) is 1. The van der Waals surface area contributed by atoms with Gasteiger partial charge in [-0.1, -0.05) is 41.5 Å². The van der Waals surface area contributed by atoms with Crippen molar-refractivity contribution in [1.82, 2.24) is 10.2 Å². The van der Waals surface area contributed by atoms with Gasteiger partial charge in [-0.25, -0.2) is 0 Å². The summed E-state index contributed by atoms with van der Waals surface area (Å²) in [5, 5.41) is 12.7. The Balaban J connectivity index is 1.69. The molecule has 9 heteroatoms. The normalized spacial score (nSPS) is 17.4. The fraction of sp³-hybridized carbons (Fsp3) is 0.333. The van der Waals surface area contributed by atoms with Crippen LogP contribution in [0.5, 0.6) is 0 Å². The van der Waals surface area contributed by atoms with Crippen LogP contribution in [-0.4, -0.2) is 28.6 Å². The van der Waals surface area contributed by atoms with Crippen molar-refractivity contribution < 1.29 is 9.59 Å². The lowest BCUT2D eigenvalue weighted by Crippen LogP contribution is -2.28. The fourth-order valence-electron chi connectivity index (χ4n) is 2.44. The lowest BCUT2D eigenvalue weighted by molar-refractivity contribution is -0.122. The van der Waals surface area contributed by atoms with Crippen molar-refractivity contribution in [2.24, 2.45) is 5.92 Å². The predicted molar refractivity (Wildman–Crippen MR) is 94.8 cm³/mol. The third-order valence-electron chi connectivity index (χ3n) is 3.71. The van der Waals surface area contributed by atoms with Gasteiger partial charge in [0, 0.05) is 18.7 Å². The van der Waals surface area contributed by atoms with E-state index in [9.17, 15) is 9.59 Å². The average molecular weight is 385 g/mol. The van der Waals surface area contributed by atoms with Crippen LogP contribution in [0.25, 0.3) is 0 Å². The van der Waals surface area contributed by atoms with Gasteiger partial charge in [-0.15, -0.1) is 10.2 Å². The van der Waals surface area contributed by atoms with Gasteiger partial charge in [-0.2, -0.15) is 0 Å².